The van der Waals surface area contributed by atoms with Crippen LogP contribution in [0.1, 0.15) is 50.4 Å². The predicted molar refractivity (Wildman–Crippen MR) is 102 cm³/mol. The summed E-state index contributed by atoms with van der Waals surface area (Å²) in [6.45, 7) is 6.17. The molecule has 1 fully saturated rings. The molecule has 0 radical (unpaired) electrons. The van der Waals surface area contributed by atoms with Crippen molar-refractivity contribution in [2.24, 2.45) is 17.8 Å². The minimum atomic E-state index is -0.511. The van der Waals surface area contributed by atoms with E-state index < -0.39 is 11.9 Å². The molecule has 5 heteroatoms. The molecular weight excluding hydrogens is 330 g/mol. The molecule has 0 heterocycles. The Bertz CT molecular complexity index is 626. The molecule has 144 valence electrons. The number of rotatable bonds is 6. The molecule has 1 aromatic carbocycles. The van der Waals surface area contributed by atoms with Crippen molar-refractivity contribution in [3.8, 4) is 0 Å². The molecule has 3 atom stereocenters. The van der Waals surface area contributed by atoms with Crippen molar-refractivity contribution in [2.45, 2.75) is 46.1 Å². The Morgan fingerprint density at radius 3 is 2.62 bits per heavy atom. The second kappa shape index (κ2) is 9.06. The molecule has 0 bridgehead atoms. The number of hydrogen-bond acceptors (Lipinski definition) is 5. The van der Waals surface area contributed by atoms with Gasteiger partial charge in [0.1, 0.15) is 6.10 Å². The fourth-order valence-corrected chi connectivity index (χ4v) is 3.57. The first-order valence-corrected chi connectivity index (χ1v) is 9.42. The highest BCUT2D eigenvalue weighted by atomic mass is 16.6. The molecule has 2 rings (SSSR count). The average molecular weight is 361 g/mol. The van der Waals surface area contributed by atoms with Gasteiger partial charge in [-0.15, -0.1) is 0 Å². The summed E-state index contributed by atoms with van der Waals surface area (Å²) in [7, 11) is 3.80. The van der Waals surface area contributed by atoms with Gasteiger partial charge in [-0.1, -0.05) is 33.3 Å². The van der Waals surface area contributed by atoms with E-state index in [1.54, 1.807) is 18.2 Å². The first-order valence-electron chi connectivity index (χ1n) is 9.42. The zero-order valence-electron chi connectivity index (χ0n) is 16.5. The first kappa shape index (κ1) is 20.3. The Morgan fingerprint density at radius 2 is 1.96 bits per heavy atom. The number of carbonyl (C=O) groups is 2. The van der Waals surface area contributed by atoms with E-state index in [0.717, 1.165) is 18.5 Å². The first-order chi connectivity index (χ1) is 12.3. The molecule has 5 nitrogen and oxygen atoms in total. The third-order valence-corrected chi connectivity index (χ3v) is 5.16. The Labute approximate surface area is 156 Å². The molecule has 1 saturated carbocycles. The maximum atomic E-state index is 12.2. The Hall–Kier alpha value is -2.04. The van der Waals surface area contributed by atoms with Crippen LogP contribution in [0.25, 0.3) is 0 Å². The van der Waals surface area contributed by atoms with E-state index in [9.17, 15) is 9.59 Å². The van der Waals surface area contributed by atoms with E-state index in [-0.39, 0.29) is 12.7 Å². The summed E-state index contributed by atoms with van der Waals surface area (Å²) in [5.41, 5.74) is 1.33. The number of anilines is 1. The van der Waals surface area contributed by atoms with Crippen LogP contribution < -0.4 is 4.90 Å². The van der Waals surface area contributed by atoms with Gasteiger partial charge in [0.2, 0.25) is 0 Å². The number of benzene rings is 1. The van der Waals surface area contributed by atoms with Crippen molar-refractivity contribution in [2.75, 3.05) is 25.6 Å². The Balaban J connectivity index is 1.89. The van der Waals surface area contributed by atoms with Crippen LogP contribution in [0.3, 0.4) is 0 Å². The average Bonchev–Trinajstić information content (AvgIpc) is 2.59. The molecule has 1 aromatic rings. The van der Waals surface area contributed by atoms with Gasteiger partial charge < -0.3 is 14.4 Å². The van der Waals surface area contributed by atoms with Gasteiger partial charge >= 0.3 is 11.9 Å². The summed E-state index contributed by atoms with van der Waals surface area (Å²) in [5, 5.41) is 0. The fraction of sp³-hybridized carbons (Fsp3) is 0.619. The lowest BCUT2D eigenvalue weighted by Crippen LogP contribution is -2.36. The number of carbonyl (C=O) groups excluding carboxylic acids is 2. The highest BCUT2D eigenvalue weighted by Gasteiger charge is 2.33. The minimum Gasteiger partial charge on any atom is -0.460 e. The molecule has 1 aliphatic carbocycles. The molecule has 0 aromatic heterocycles. The van der Waals surface area contributed by atoms with Gasteiger partial charge in [0.25, 0.3) is 0 Å². The summed E-state index contributed by atoms with van der Waals surface area (Å²) in [6, 6.07) is 7.12. The standard InChI is InChI=1S/C21H31NO4/c1-14(2)18-10-9-15(3)11-19(18)26-20(23)13-25-21(24)16-7-6-8-17(12-16)22(4)5/h6-8,12,14-15,18-19H,9-11,13H2,1-5H3/t15-,18+,19+/m0/s1. The van der Waals surface area contributed by atoms with E-state index in [0.29, 0.717) is 23.3 Å². The highest BCUT2D eigenvalue weighted by molar-refractivity contribution is 5.91. The molecule has 0 aliphatic heterocycles. The van der Waals surface area contributed by atoms with Gasteiger partial charge in [-0.05, 0) is 48.8 Å². The largest absolute Gasteiger partial charge is 0.460 e. The Morgan fingerprint density at radius 1 is 1.23 bits per heavy atom. The van der Waals surface area contributed by atoms with Crippen LogP contribution >= 0.6 is 0 Å². The van der Waals surface area contributed by atoms with Gasteiger partial charge in [-0.2, -0.15) is 0 Å². The van der Waals surface area contributed by atoms with Crippen molar-refractivity contribution >= 4 is 17.6 Å². The third kappa shape index (κ3) is 5.48. The third-order valence-electron chi connectivity index (χ3n) is 5.16. The van der Waals surface area contributed by atoms with Gasteiger partial charge in [-0.25, -0.2) is 9.59 Å². The topological polar surface area (TPSA) is 55.8 Å². The lowest BCUT2D eigenvalue weighted by molar-refractivity contribution is -0.159. The molecule has 26 heavy (non-hydrogen) atoms. The molecule has 0 N–H and O–H groups in total. The molecule has 0 spiro atoms. The van der Waals surface area contributed by atoms with Gasteiger partial charge in [0.05, 0.1) is 5.56 Å². The maximum absolute atomic E-state index is 12.2. The number of esters is 2. The van der Waals surface area contributed by atoms with Crippen LogP contribution in [0.5, 0.6) is 0 Å². The van der Waals surface area contributed by atoms with Gasteiger partial charge in [0, 0.05) is 19.8 Å². The van der Waals surface area contributed by atoms with Crippen LogP contribution in [0.4, 0.5) is 5.69 Å². The van der Waals surface area contributed by atoms with Crippen molar-refractivity contribution in [3.05, 3.63) is 29.8 Å². The zero-order valence-corrected chi connectivity index (χ0v) is 16.5. The van der Waals surface area contributed by atoms with Gasteiger partial charge in [0.15, 0.2) is 6.61 Å². The molecule has 0 amide bonds. The van der Waals surface area contributed by atoms with E-state index in [4.69, 9.17) is 9.47 Å². The number of hydrogen-bond donors (Lipinski definition) is 0. The predicted octanol–water partition coefficient (Wildman–Crippen LogP) is 3.91. The molecular formula is C21H31NO4. The van der Waals surface area contributed by atoms with E-state index in [1.807, 2.05) is 25.1 Å². The summed E-state index contributed by atoms with van der Waals surface area (Å²) in [6.07, 6.45) is 3.05. The summed E-state index contributed by atoms with van der Waals surface area (Å²) in [5.74, 6) is 0.424. The second-order valence-electron chi connectivity index (χ2n) is 7.88. The fourth-order valence-electron chi connectivity index (χ4n) is 3.57. The number of nitrogens with zero attached hydrogens (tertiary/aromatic N) is 1. The van der Waals surface area contributed by atoms with E-state index >= 15 is 0 Å². The van der Waals surface area contributed by atoms with Crippen LogP contribution in [-0.2, 0) is 14.3 Å². The quantitative estimate of drug-likeness (QED) is 0.719. The van der Waals surface area contributed by atoms with Crippen LogP contribution in [0.15, 0.2) is 24.3 Å². The maximum Gasteiger partial charge on any atom is 0.344 e. The summed E-state index contributed by atoms with van der Waals surface area (Å²) in [4.78, 5) is 26.3. The molecule has 0 saturated heterocycles. The van der Waals surface area contributed by atoms with Crippen molar-refractivity contribution in [1.82, 2.24) is 0 Å². The monoisotopic (exact) mass is 361 g/mol. The number of ether oxygens (including phenoxy) is 2. The van der Waals surface area contributed by atoms with Crippen molar-refractivity contribution in [1.29, 1.82) is 0 Å². The minimum absolute atomic E-state index is 0.0815. The van der Waals surface area contributed by atoms with E-state index in [1.165, 1.54) is 6.42 Å². The molecule has 1 aliphatic rings. The second-order valence-corrected chi connectivity index (χ2v) is 7.88. The summed E-state index contributed by atoms with van der Waals surface area (Å²) >= 11 is 0. The SMILES string of the molecule is CC(C)[C@H]1CC[C@H](C)C[C@H]1OC(=O)COC(=O)c1cccc(N(C)C)c1. The summed E-state index contributed by atoms with van der Waals surface area (Å²) < 4.78 is 10.8. The van der Waals surface area contributed by atoms with Crippen LogP contribution in [0, 0.1) is 17.8 Å². The van der Waals surface area contributed by atoms with Crippen molar-refractivity contribution < 1.29 is 19.1 Å². The lowest BCUT2D eigenvalue weighted by atomic mass is 9.75. The van der Waals surface area contributed by atoms with E-state index in [2.05, 4.69) is 20.8 Å². The highest BCUT2D eigenvalue weighted by Crippen LogP contribution is 2.35. The smallest absolute Gasteiger partial charge is 0.344 e. The van der Waals surface area contributed by atoms with Gasteiger partial charge in [-0.3, -0.25) is 0 Å². The Kier molecular flexibility index (Phi) is 7.06. The normalized spacial score (nSPS) is 22.8. The van der Waals surface area contributed by atoms with Crippen molar-refractivity contribution in [3.63, 3.8) is 0 Å². The van der Waals surface area contributed by atoms with Crippen LogP contribution in [-0.4, -0.2) is 38.7 Å². The zero-order chi connectivity index (χ0) is 19.3. The molecule has 0 unspecified atom stereocenters. The lowest BCUT2D eigenvalue weighted by Gasteiger charge is -2.36. The van der Waals surface area contributed by atoms with Crippen LogP contribution in [0.2, 0.25) is 0 Å².